The minimum Gasteiger partial charge on any atom is -0.252 e. The van der Waals surface area contributed by atoms with E-state index in [9.17, 15) is 0 Å². The molecule has 0 heterocycles. The van der Waals surface area contributed by atoms with Crippen molar-refractivity contribution in [2.75, 3.05) is 0 Å². The molecule has 0 aliphatic heterocycles. The van der Waals surface area contributed by atoms with E-state index in [1.165, 1.54) is 57.1 Å². The third-order valence-corrected chi connectivity index (χ3v) is 5.16. The van der Waals surface area contributed by atoms with E-state index in [1.54, 1.807) is 0 Å². The predicted octanol–water partition coefficient (Wildman–Crippen LogP) is 8.86. The van der Waals surface area contributed by atoms with Gasteiger partial charge in [-0.1, -0.05) is 95.2 Å². The second kappa shape index (κ2) is 17.0. The van der Waals surface area contributed by atoms with Crippen molar-refractivity contribution in [3.8, 4) is 0 Å². The quantitative estimate of drug-likeness (QED) is 0.156. The smallest absolute Gasteiger partial charge is 0.0633 e. The van der Waals surface area contributed by atoms with Crippen molar-refractivity contribution < 1.29 is 16.5 Å². The molecule has 166 valence electrons. The second-order valence-electron chi connectivity index (χ2n) is 7.76. The number of benzene rings is 2. The van der Waals surface area contributed by atoms with Crippen LogP contribution in [0.1, 0.15) is 84.5 Å². The zero-order valence-electron chi connectivity index (χ0n) is 18.8. The molecular formula is C27H38N2Ni. The van der Waals surface area contributed by atoms with Crippen molar-refractivity contribution in [1.29, 1.82) is 0 Å². The average Bonchev–Trinajstić information content (AvgIpc) is 2.76. The molecular weight excluding hydrogens is 411 g/mol. The monoisotopic (exact) mass is 448 g/mol. The molecule has 0 aliphatic carbocycles. The number of para-hydroxylation sites is 2. The summed E-state index contributed by atoms with van der Waals surface area (Å²) in [4.78, 5) is 10.1. The van der Waals surface area contributed by atoms with Gasteiger partial charge in [-0.2, -0.15) is 0 Å². The van der Waals surface area contributed by atoms with Gasteiger partial charge in [-0.05, 0) is 49.9 Å². The fraction of sp³-hybridized carbons (Fsp3) is 0.481. The van der Waals surface area contributed by atoms with Gasteiger partial charge in [-0.3, -0.25) is 9.98 Å². The number of rotatable bonds is 14. The third-order valence-electron chi connectivity index (χ3n) is 5.16. The van der Waals surface area contributed by atoms with Crippen molar-refractivity contribution >= 4 is 22.8 Å². The molecule has 0 bridgehead atoms. The molecule has 3 heteroatoms. The molecule has 0 aliphatic rings. The molecule has 0 saturated carbocycles. The first-order valence-corrected chi connectivity index (χ1v) is 11.6. The molecule has 30 heavy (non-hydrogen) atoms. The van der Waals surface area contributed by atoms with Gasteiger partial charge in [0.05, 0.1) is 22.8 Å². The van der Waals surface area contributed by atoms with Gasteiger partial charge in [0.1, 0.15) is 0 Å². The summed E-state index contributed by atoms with van der Waals surface area (Å²) in [6, 6.07) is 20.7. The van der Waals surface area contributed by atoms with Crippen molar-refractivity contribution in [3.05, 3.63) is 60.7 Å². The van der Waals surface area contributed by atoms with Crippen LogP contribution in [0.15, 0.2) is 70.6 Å². The molecule has 0 spiro atoms. The summed E-state index contributed by atoms with van der Waals surface area (Å²) in [5.41, 5.74) is 4.39. The Morgan fingerprint density at radius 1 is 0.533 bits per heavy atom. The molecule has 0 radical (unpaired) electrons. The number of unbranched alkanes of at least 4 members (excludes halogenated alkanes) is 7. The summed E-state index contributed by atoms with van der Waals surface area (Å²) in [6.07, 6.45) is 13.5. The van der Waals surface area contributed by atoms with Crippen LogP contribution in [0.4, 0.5) is 11.4 Å². The van der Waals surface area contributed by atoms with E-state index >= 15 is 0 Å². The van der Waals surface area contributed by atoms with E-state index in [0.717, 1.165) is 36.3 Å². The van der Waals surface area contributed by atoms with Gasteiger partial charge in [-0.15, -0.1) is 0 Å². The van der Waals surface area contributed by atoms with Gasteiger partial charge < -0.3 is 0 Å². The summed E-state index contributed by atoms with van der Waals surface area (Å²) in [7, 11) is 0. The van der Waals surface area contributed by atoms with E-state index in [1.807, 2.05) is 12.1 Å². The molecule has 2 aromatic rings. The number of nitrogens with zero attached hydrogens (tertiary/aromatic N) is 2. The Kier molecular flexibility index (Phi) is 14.9. The average molecular weight is 449 g/mol. The Morgan fingerprint density at radius 3 is 1.40 bits per heavy atom. The van der Waals surface area contributed by atoms with Crippen LogP contribution in [0.2, 0.25) is 0 Å². The van der Waals surface area contributed by atoms with Gasteiger partial charge in [0, 0.05) is 16.5 Å². The predicted molar refractivity (Wildman–Crippen MR) is 129 cm³/mol. The van der Waals surface area contributed by atoms with Crippen molar-refractivity contribution in [2.24, 2.45) is 9.98 Å². The SMILES string of the molecule is CCCCCCCCCC(=Nc1ccccc1)C(CCCC)=Nc1ccccc1.[Ni]. The van der Waals surface area contributed by atoms with E-state index < -0.39 is 0 Å². The van der Waals surface area contributed by atoms with Crippen LogP contribution >= 0.6 is 0 Å². The molecule has 2 rings (SSSR count). The minimum absolute atomic E-state index is 0. The maximum Gasteiger partial charge on any atom is 0.0633 e. The van der Waals surface area contributed by atoms with Gasteiger partial charge >= 0.3 is 0 Å². The third kappa shape index (κ3) is 10.9. The topological polar surface area (TPSA) is 24.7 Å². The molecule has 0 aromatic heterocycles. The fourth-order valence-electron chi connectivity index (χ4n) is 3.44. The number of aliphatic imine (C=N–C) groups is 2. The first-order chi connectivity index (χ1) is 14.3. The Bertz CT molecular complexity index is 723. The van der Waals surface area contributed by atoms with E-state index in [4.69, 9.17) is 9.98 Å². The normalized spacial score (nSPS) is 11.9. The summed E-state index contributed by atoms with van der Waals surface area (Å²) < 4.78 is 0. The molecule has 0 N–H and O–H groups in total. The van der Waals surface area contributed by atoms with Crippen LogP contribution in [-0.4, -0.2) is 11.4 Å². The van der Waals surface area contributed by atoms with Crippen LogP contribution in [0, 0.1) is 0 Å². The van der Waals surface area contributed by atoms with Gasteiger partial charge in [0.2, 0.25) is 0 Å². The minimum atomic E-state index is 0. The number of hydrogen-bond donors (Lipinski definition) is 0. The molecule has 0 saturated heterocycles. The van der Waals surface area contributed by atoms with Crippen LogP contribution in [0.3, 0.4) is 0 Å². The first-order valence-electron chi connectivity index (χ1n) is 11.6. The number of hydrogen-bond acceptors (Lipinski definition) is 2. The molecule has 0 atom stereocenters. The van der Waals surface area contributed by atoms with Crippen molar-refractivity contribution in [1.82, 2.24) is 0 Å². The molecule has 0 fully saturated rings. The molecule has 0 amide bonds. The second-order valence-corrected chi connectivity index (χ2v) is 7.76. The van der Waals surface area contributed by atoms with Crippen LogP contribution < -0.4 is 0 Å². The van der Waals surface area contributed by atoms with Crippen molar-refractivity contribution in [3.63, 3.8) is 0 Å². The maximum atomic E-state index is 5.04. The molecule has 2 nitrogen and oxygen atoms in total. The van der Waals surface area contributed by atoms with Crippen LogP contribution in [0.5, 0.6) is 0 Å². The Hall–Kier alpha value is -1.73. The first kappa shape index (κ1) is 26.3. The Labute approximate surface area is 194 Å². The summed E-state index contributed by atoms with van der Waals surface area (Å²) in [6.45, 7) is 4.51. The standard InChI is InChI=1S/C27H38N2.Ni/c1-3-5-7-8-9-10-17-23-27(29-25-20-15-12-16-21-25)26(22-6-4-2)28-24-18-13-11-14-19-24;/h11-16,18-21H,3-10,17,22-23H2,1-2H3;. The maximum absolute atomic E-state index is 5.04. The fourth-order valence-corrected chi connectivity index (χ4v) is 3.44. The largest absolute Gasteiger partial charge is 0.252 e. The van der Waals surface area contributed by atoms with E-state index in [0.29, 0.717) is 0 Å². The Balaban J connectivity index is 0.00000450. The van der Waals surface area contributed by atoms with Crippen molar-refractivity contribution in [2.45, 2.75) is 84.5 Å². The van der Waals surface area contributed by atoms with E-state index in [-0.39, 0.29) is 16.5 Å². The molecule has 0 unspecified atom stereocenters. The van der Waals surface area contributed by atoms with Crippen LogP contribution in [-0.2, 0) is 16.5 Å². The van der Waals surface area contributed by atoms with Gasteiger partial charge in [-0.25, -0.2) is 0 Å². The summed E-state index contributed by atoms with van der Waals surface area (Å²) in [5, 5.41) is 0. The van der Waals surface area contributed by atoms with Gasteiger partial charge in [0.15, 0.2) is 0 Å². The zero-order valence-corrected chi connectivity index (χ0v) is 19.7. The summed E-state index contributed by atoms with van der Waals surface area (Å²) in [5.74, 6) is 0. The zero-order chi connectivity index (χ0) is 20.6. The summed E-state index contributed by atoms with van der Waals surface area (Å²) >= 11 is 0. The van der Waals surface area contributed by atoms with E-state index in [2.05, 4.69) is 62.4 Å². The molecule has 2 aromatic carbocycles. The van der Waals surface area contributed by atoms with Crippen LogP contribution in [0.25, 0.3) is 0 Å². The Morgan fingerprint density at radius 2 is 0.933 bits per heavy atom. The van der Waals surface area contributed by atoms with Gasteiger partial charge in [0.25, 0.3) is 0 Å².